The molecular formula is C20H34O2. The van der Waals surface area contributed by atoms with E-state index in [0.717, 1.165) is 18.8 Å². The summed E-state index contributed by atoms with van der Waals surface area (Å²) in [6.45, 7) is 13.2. The minimum Gasteiger partial charge on any atom is -0.459 e. The van der Waals surface area contributed by atoms with Gasteiger partial charge in [-0.25, -0.2) is 0 Å². The van der Waals surface area contributed by atoms with E-state index in [-0.39, 0.29) is 17.0 Å². The molecular weight excluding hydrogens is 272 g/mol. The van der Waals surface area contributed by atoms with Gasteiger partial charge in [-0.15, -0.1) is 0 Å². The maximum absolute atomic E-state index is 12.7. The van der Waals surface area contributed by atoms with Gasteiger partial charge in [0.05, 0.1) is 5.41 Å². The van der Waals surface area contributed by atoms with E-state index in [2.05, 4.69) is 27.7 Å². The molecule has 3 fully saturated rings. The maximum atomic E-state index is 12.7. The fourth-order valence-electron chi connectivity index (χ4n) is 6.15. The fraction of sp³-hybridized carbons (Fsp3) is 0.950. The molecule has 4 atom stereocenters. The number of rotatable bonds is 3. The van der Waals surface area contributed by atoms with Crippen LogP contribution in [0.3, 0.4) is 0 Å². The molecule has 126 valence electrons. The summed E-state index contributed by atoms with van der Waals surface area (Å²) < 4.78 is 6.22. The summed E-state index contributed by atoms with van der Waals surface area (Å²) in [5, 5.41) is 0. The first-order valence-electron chi connectivity index (χ1n) is 9.31. The molecule has 2 nitrogen and oxygen atoms in total. The molecule has 4 unspecified atom stereocenters. The van der Waals surface area contributed by atoms with Crippen molar-refractivity contribution in [2.45, 2.75) is 92.1 Å². The average molecular weight is 306 g/mol. The van der Waals surface area contributed by atoms with Crippen LogP contribution in [0.1, 0.15) is 86.5 Å². The molecule has 2 bridgehead atoms. The number of ether oxygens (including phenoxy) is 1. The second kappa shape index (κ2) is 4.74. The molecule has 3 saturated carbocycles. The van der Waals surface area contributed by atoms with Gasteiger partial charge in [0.15, 0.2) is 0 Å². The second-order valence-corrected chi connectivity index (χ2v) is 9.82. The molecule has 0 N–H and O–H groups in total. The summed E-state index contributed by atoms with van der Waals surface area (Å²) in [6.07, 6.45) is 8.62. The Hall–Kier alpha value is -0.530. The predicted octanol–water partition coefficient (Wildman–Crippen LogP) is 5.35. The fourth-order valence-corrected chi connectivity index (χ4v) is 6.15. The Balaban J connectivity index is 1.86. The maximum Gasteiger partial charge on any atom is 0.312 e. The Bertz CT molecular complexity index is 478. The minimum absolute atomic E-state index is 0.00121. The topological polar surface area (TPSA) is 26.3 Å². The number of carbonyl (C=O) groups is 1. The van der Waals surface area contributed by atoms with Crippen LogP contribution in [0, 0.1) is 28.1 Å². The molecule has 3 aliphatic rings. The van der Waals surface area contributed by atoms with Crippen molar-refractivity contribution >= 4 is 5.97 Å². The molecule has 0 heterocycles. The zero-order valence-electron chi connectivity index (χ0n) is 15.4. The lowest BCUT2D eigenvalue weighted by atomic mass is 9.66. The summed E-state index contributed by atoms with van der Waals surface area (Å²) >= 11 is 0. The quantitative estimate of drug-likeness (QED) is 0.657. The lowest BCUT2D eigenvalue weighted by molar-refractivity contribution is -0.183. The second-order valence-electron chi connectivity index (χ2n) is 9.82. The van der Waals surface area contributed by atoms with Crippen molar-refractivity contribution in [2.24, 2.45) is 28.1 Å². The third-order valence-corrected chi connectivity index (χ3v) is 7.93. The van der Waals surface area contributed by atoms with Crippen LogP contribution in [0.15, 0.2) is 0 Å². The highest BCUT2D eigenvalue weighted by Gasteiger charge is 2.67. The summed E-state index contributed by atoms with van der Waals surface area (Å²) in [7, 11) is 0. The van der Waals surface area contributed by atoms with Crippen LogP contribution in [0.4, 0.5) is 0 Å². The number of esters is 1. The van der Waals surface area contributed by atoms with Crippen molar-refractivity contribution in [3.63, 3.8) is 0 Å². The third-order valence-electron chi connectivity index (χ3n) is 7.93. The largest absolute Gasteiger partial charge is 0.459 e. The number of hydrogen-bond acceptors (Lipinski definition) is 2. The normalized spacial score (nSPS) is 43.0. The Morgan fingerprint density at radius 3 is 2.45 bits per heavy atom. The lowest BCUT2D eigenvalue weighted by Crippen LogP contribution is -2.48. The van der Waals surface area contributed by atoms with Gasteiger partial charge >= 0.3 is 5.97 Å². The van der Waals surface area contributed by atoms with E-state index >= 15 is 0 Å². The van der Waals surface area contributed by atoms with Crippen LogP contribution in [0.5, 0.6) is 0 Å². The molecule has 0 aliphatic heterocycles. The van der Waals surface area contributed by atoms with Gasteiger partial charge in [-0.3, -0.25) is 4.79 Å². The molecule has 0 aromatic heterocycles. The highest BCUT2D eigenvalue weighted by molar-refractivity contribution is 5.76. The Kier molecular flexibility index (Phi) is 3.52. The molecule has 1 spiro atoms. The highest BCUT2D eigenvalue weighted by atomic mass is 16.6. The molecule has 0 amide bonds. The van der Waals surface area contributed by atoms with Gasteiger partial charge in [0.25, 0.3) is 0 Å². The van der Waals surface area contributed by atoms with E-state index < -0.39 is 0 Å². The summed E-state index contributed by atoms with van der Waals surface area (Å²) in [4.78, 5) is 12.7. The van der Waals surface area contributed by atoms with Gasteiger partial charge in [0.1, 0.15) is 5.60 Å². The van der Waals surface area contributed by atoms with Gasteiger partial charge in [-0.2, -0.15) is 0 Å². The van der Waals surface area contributed by atoms with E-state index in [1.165, 1.54) is 32.1 Å². The Labute approximate surface area is 136 Å². The molecule has 2 heteroatoms. The smallest absolute Gasteiger partial charge is 0.312 e. The van der Waals surface area contributed by atoms with Gasteiger partial charge in [-0.1, -0.05) is 27.2 Å². The van der Waals surface area contributed by atoms with Gasteiger partial charge < -0.3 is 4.74 Å². The monoisotopic (exact) mass is 306 g/mol. The molecule has 3 aliphatic carbocycles. The van der Waals surface area contributed by atoms with Gasteiger partial charge in [-0.05, 0) is 76.0 Å². The van der Waals surface area contributed by atoms with E-state index in [4.69, 9.17) is 4.74 Å². The molecule has 0 aromatic rings. The molecule has 0 aromatic carbocycles. The van der Waals surface area contributed by atoms with Crippen molar-refractivity contribution in [1.29, 1.82) is 0 Å². The summed E-state index contributed by atoms with van der Waals surface area (Å²) in [5.41, 5.74) is 0.248. The van der Waals surface area contributed by atoms with Crippen LogP contribution in [-0.2, 0) is 9.53 Å². The molecule has 3 rings (SSSR count). The zero-order valence-corrected chi connectivity index (χ0v) is 15.4. The van der Waals surface area contributed by atoms with Crippen LogP contribution in [0.25, 0.3) is 0 Å². The first-order valence-corrected chi connectivity index (χ1v) is 9.31. The van der Waals surface area contributed by atoms with E-state index in [1.54, 1.807) is 0 Å². The van der Waals surface area contributed by atoms with Crippen LogP contribution in [-0.4, -0.2) is 11.6 Å². The first kappa shape index (κ1) is 16.3. The summed E-state index contributed by atoms with van der Waals surface area (Å²) in [5.74, 6) is 1.36. The Morgan fingerprint density at radius 2 is 1.82 bits per heavy atom. The van der Waals surface area contributed by atoms with Crippen molar-refractivity contribution in [1.82, 2.24) is 0 Å². The number of fused-ring (bicyclic) bond motifs is 1. The van der Waals surface area contributed by atoms with E-state index in [1.807, 2.05) is 13.8 Å². The van der Waals surface area contributed by atoms with Crippen LogP contribution >= 0.6 is 0 Å². The van der Waals surface area contributed by atoms with Crippen molar-refractivity contribution in [3.05, 3.63) is 0 Å². The highest BCUT2D eigenvalue weighted by Crippen LogP contribution is 2.72. The third kappa shape index (κ3) is 2.08. The van der Waals surface area contributed by atoms with Crippen LogP contribution in [0.2, 0.25) is 0 Å². The summed E-state index contributed by atoms with van der Waals surface area (Å²) in [6, 6.07) is 0. The lowest BCUT2D eigenvalue weighted by Gasteiger charge is -2.46. The van der Waals surface area contributed by atoms with Crippen molar-refractivity contribution < 1.29 is 9.53 Å². The minimum atomic E-state index is -0.364. The zero-order chi connectivity index (χ0) is 16.4. The van der Waals surface area contributed by atoms with E-state index in [0.29, 0.717) is 16.7 Å². The van der Waals surface area contributed by atoms with Gasteiger partial charge in [0, 0.05) is 5.92 Å². The number of hydrogen-bond donors (Lipinski definition) is 0. The van der Waals surface area contributed by atoms with Gasteiger partial charge in [0.2, 0.25) is 0 Å². The average Bonchev–Trinajstić information content (AvgIpc) is 2.93. The molecule has 0 saturated heterocycles. The SMILES string of the molecule is CCC(C)(C)C(=O)OC1(C)CCC23CCCC2C(C)(C)C1C3. The van der Waals surface area contributed by atoms with Crippen molar-refractivity contribution in [3.8, 4) is 0 Å². The molecule has 0 radical (unpaired) electrons. The standard InChI is InChI=1S/C20H34O2/c1-7-17(2,3)16(21)22-19(6)11-12-20-10-8-9-14(20)18(4,5)15(19)13-20/h14-15H,7-13H2,1-6H3. The van der Waals surface area contributed by atoms with Crippen LogP contribution < -0.4 is 0 Å². The van der Waals surface area contributed by atoms with Crippen molar-refractivity contribution in [2.75, 3.05) is 0 Å². The predicted molar refractivity (Wildman–Crippen MR) is 89.5 cm³/mol. The number of carbonyl (C=O) groups excluding carboxylic acids is 1. The molecule has 22 heavy (non-hydrogen) atoms. The Morgan fingerprint density at radius 1 is 1.14 bits per heavy atom. The van der Waals surface area contributed by atoms with E-state index in [9.17, 15) is 4.79 Å². The first-order chi connectivity index (χ1) is 10.1.